The second-order valence-electron chi connectivity index (χ2n) is 6.46. The summed E-state index contributed by atoms with van der Waals surface area (Å²) in [5.74, 6) is 0.967. The number of unbranched alkanes of at least 4 members (excludes halogenated alkanes) is 3. The maximum Gasteiger partial charge on any atom is 0.119 e. The smallest absolute Gasteiger partial charge is 0.119 e. The molecule has 0 aliphatic rings. The predicted octanol–water partition coefficient (Wildman–Crippen LogP) is 5.78. The van der Waals surface area contributed by atoms with E-state index < -0.39 is 0 Å². The van der Waals surface area contributed by atoms with Gasteiger partial charge in [-0.25, -0.2) is 0 Å². The lowest BCUT2D eigenvalue weighted by molar-refractivity contribution is 0.317. The topological polar surface area (TPSA) is 22.1 Å². The Kier molecular flexibility index (Phi) is 8.37. The normalized spacial score (nSPS) is 10.8. The summed E-state index contributed by atoms with van der Waals surface area (Å²) < 4.78 is 5.62. The number of aromatic nitrogens is 1. The molecular weight excluding hydrogens is 294 g/mol. The highest BCUT2D eigenvalue weighted by atomic mass is 16.5. The molecule has 0 amide bonds. The van der Waals surface area contributed by atoms with E-state index in [9.17, 15) is 0 Å². The number of ether oxygens (including phenoxy) is 1. The minimum absolute atomic E-state index is 0.788. The number of nitrogens with zero attached hydrogens (tertiary/aromatic N) is 1. The minimum atomic E-state index is 0.788. The van der Waals surface area contributed by atoms with Gasteiger partial charge in [0.2, 0.25) is 0 Å². The second kappa shape index (κ2) is 10.9. The Bertz CT molecular complexity index is 560. The van der Waals surface area contributed by atoms with Gasteiger partial charge in [0.05, 0.1) is 6.61 Å². The van der Waals surface area contributed by atoms with Gasteiger partial charge in [0.1, 0.15) is 5.75 Å². The minimum Gasteiger partial charge on any atom is -0.494 e. The van der Waals surface area contributed by atoms with E-state index in [4.69, 9.17) is 4.74 Å². The van der Waals surface area contributed by atoms with Gasteiger partial charge in [0.25, 0.3) is 0 Å². The predicted molar refractivity (Wildman–Crippen MR) is 102 cm³/mol. The van der Waals surface area contributed by atoms with Crippen molar-refractivity contribution in [3.8, 4) is 5.75 Å². The lowest BCUT2D eigenvalue weighted by Crippen LogP contribution is -1.97. The highest BCUT2D eigenvalue weighted by molar-refractivity contribution is 5.28. The van der Waals surface area contributed by atoms with Gasteiger partial charge in [-0.1, -0.05) is 51.3 Å². The van der Waals surface area contributed by atoms with Gasteiger partial charge in [0.15, 0.2) is 0 Å². The molecule has 1 aromatic carbocycles. The number of rotatable bonds is 11. The van der Waals surface area contributed by atoms with Crippen LogP contribution in [0.15, 0.2) is 42.6 Å². The molecule has 0 unspecified atom stereocenters. The lowest BCUT2D eigenvalue weighted by atomic mass is 10.0. The lowest BCUT2D eigenvalue weighted by Gasteiger charge is -2.07. The summed E-state index contributed by atoms with van der Waals surface area (Å²) in [6.45, 7) is 5.16. The summed E-state index contributed by atoms with van der Waals surface area (Å²) >= 11 is 0. The van der Waals surface area contributed by atoms with Gasteiger partial charge in [0, 0.05) is 11.9 Å². The molecule has 24 heavy (non-hydrogen) atoms. The molecule has 0 bridgehead atoms. The first-order valence-corrected chi connectivity index (χ1v) is 9.47. The largest absolute Gasteiger partial charge is 0.494 e. The number of benzene rings is 1. The summed E-state index contributed by atoms with van der Waals surface area (Å²) in [5.41, 5.74) is 3.90. The van der Waals surface area contributed by atoms with Crippen LogP contribution in [0.4, 0.5) is 0 Å². The van der Waals surface area contributed by atoms with Crippen molar-refractivity contribution >= 4 is 0 Å². The van der Waals surface area contributed by atoms with Crippen molar-refractivity contribution in [3.63, 3.8) is 0 Å². The Morgan fingerprint density at radius 1 is 0.750 bits per heavy atom. The zero-order valence-corrected chi connectivity index (χ0v) is 15.3. The van der Waals surface area contributed by atoms with Crippen LogP contribution in [0.5, 0.6) is 5.75 Å². The highest BCUT2D eigenvalue weighted by Crippen LogP contribution is 2.15. The van der Waals surface area contributed by atoms with Crippen LogP contribution in [-0.2, 0) is 19.3 Å². The van der Waals surface area contributed by atoms with Gasteiger partial charge in [-0.05, 0) is 61.4 Å². The van der Waals surface area contributed by atoms with Crippen molar-refractivity contribution in [3.05, 3.63) is 59.4 Å². The van der Waals surface area contributed by atoms with E-state index in [-0.39, 0.29) is 0 Å². The van der Waals surface area contributed by atoms with Gasteiger partial charge < -0.3 is 4.74 Å². The summed E-state index contributed by atoms with van der Waals surface area (Å²) in [5, 5.41) is 0. The number of hydrogen-bond donors (Lipinski definition) is 0. The molecule has 1 aromatic heterocycles. The van der Waals surface area contributed by atoms with Crippen LogP contribution < -0.4 is 4.74 Å². The molecule has 0 radical (unpaired) electrons. The fourth-order valence-corrected chi connectivity index (χ4v) is 2.74. The van der Waals surface area contributed by atoms with E-state index in [1.165, 1.54) is 42.5 Å². The average Bonchev–Trinajstić information content (AvgIpc) is 2.64. The Balaban J connectivity index is 1.75. The zero-order valence-electron chi connectivity index (χ0n) is 15.3. The van der Waals surface area contributed by atoms with Crippen LogP contribution in [0.3, 0.4) is 0 Å². The molecule has 0 saturated heterocycles. The van der Waals surface area contributed by atoms with Gasteiger partial charge in [-0.2, -0.15) is 0 Å². The maximum absolute atomic E-state index is 5.62. The van der Waals surface area contributed by atoms with Crippen molar-refractivity contribution in [2.24, 2.45) is 0 Å². The summed E-state index contributed by atoms with van der Waals surface area (Å²) in [6.07, 6.45) is 11.5. The Labute approximate surface area is 147 Å². The van der Waals surface area contributed by atoms with Crippen LogP contribution in [-0.4, -0.2) is 11.6 Å². The van der Waals surface area contributed by atoms with Crippen molar-refractivity contribution < 1.29 is 4.74 Å². The van der Waals surface area contributed by atoms with Crippen LogP contribution >= 0.6 is 0 Å². The van der Waals surface area contributed by atoms with E-state index >= 15 is 0 Å². The Morgan fingerprint density at radius 3 is 2.17 bits per heavy atom. The molecule has 2 nitrogen and oxygen atoms in total. The second-order valence-corrected chi connectivity index (χ2v) is 6.46. The van der Waals surface area contributed by atoms with E-state index in [2.05, 4.69) is 55.2 Å². The highest BCUT2D eigenvalue weighted by Gasteiger charge is 2.00. The molecule has 0 aliphatic heterocycles. The van der Waals surface area contributed by atoms with Crippen LogP contribution in [0.1, 0.15) is 62.8 Å². The monoisotopic (exact) mass is 325 g/mol. The number of pyridine rings is 1. The third-order valence-electron chi connectivity index (χ3n) is 4.27. The maximum atomic E-state index is 5.62. The van der Waals surface area contributed by atoms with E-state index in [1.54, 1.807) is 0 Å². The van der Waals surface area contributed by atoms with E-state index in [1.807, 2.05) is 6.20 Å². The van der Waals surface area contributed by atoms with Crippen molar-refractivity contribution in [1.82, 2.24) is 4.98 Å². The van der Waals surface area contributed by atoms with Crippen LogP contribution in [0, 0.1) is 0 Å². The van der Waals surface area contributed by atoms with Crippen LogP contribution in [0.2, 0.25) is 0 Å². The summed E-state index contributed by atoms with van der Waals surface area (Å²) in [4.78, 5) is 4.62. The van der Waals surface area contributed by atoms with Gasteiger partial charge in [-0.3, -0.25) is 4.98 Å². The molecule has 2 rings (SSSR count). The average molecular weight is 325 g/mol. The molecule has 0 saturated carbocycles. The third-order valence-corrected chi connectivity index (χ3v) is 4.27. The first kappa shape index (κ1) is 18.5. The van der Waals surface area contributed by atoms with Crippen molar-refractivity contribution in [1.29, 1.82) is 0 Å². The SMILES string of the molecule is CCCCCCc1ccc(CCc2ccc(OCCC)cc2)cn1. The fraction of sp³-hybridized carbons (Fsp3) is 0.500. The van der Waals surface area contributed by atoms with E-state index in [0.29, 0.717) is 0 Å². The van der Waals surface area contributed by atoms with Gasteiger partial charge in [-0.15, -0.1) is 0 Å². The summed E-state index contributed by atoms with van der Waals surface area (Å²) in [6, 6.07) is 12.9. The molecule has 0 atom stereocenters. The molecule has 0 spiro atoms. The van der Waals surface area contributed by atoms with Crippen molar-refractivity contribution in [2.45, 2.75) is 65.2 Å². The molecule has 0 fully saturated rings. The number of hydrogen-bond acceptors (Lipinski definition) is 2. The zero-order chi connectivity index (χ0) is 17.0. The molecule has 2 heteroatoms. The number of aryl methyl sites for hydroxylation is 3. The van der Waals surface area contributed by atoms with Gasteiger partial charge >= 0.3 is 0 Å². The molecule has 2 aromatic rings. The first-order chi connectivity index (χ1) is 11.8. The van der Waals surface area contributed by atoms with Crippen molar-refractivity contribution in [2.75, 3.05) is 6.61 Å². The molecule has 0 aliphatic carbocycles. The summed E-state index contributed by atoms with van der Waals surface area (Å²) in [7, 11) is 0. The molecular formula is C22H31NO. The molecule has 130 valence electrons. The molecule has 1 heterocycles. The quantitative estimate of drug-likeness (QED) is 0.489. The van der Waals surface area contributed by atoms with Crippen LogP contribution in [0.25, 0.3) is 0 Å². The first-order valence-electron chi connectivity index (χ1n) is 9.47. The molecule has 0 N–H and O–H groups in total. The fourth-order valence-electron chi connectivity index (χ4n) is 2.74. The third kappa shape index (κ3) is 6.74. The standard InChI is InChI=1S/C22H31NO/c1-3-5-6-7-8-21-14-11-20(18-23-21)10-9-19-12-15-22(16-13-19)24-17-4-2/h11-16,18H,3-10,17H2,1-2H3. The Morgan fingerprint density at radius 2 is 1.50 bits per heavy atom. The van der Waals surface area contributed by atoms with E-state index in [0.717, 1.165) is 38.0 Å². The Hall–Kier alpha value is -1.83.